The Hall–Kier alpha value is -2.15. The average molecular weight is 263 g/mol. The predicted octanol–water partition coefficient (Wildman–Crippen LogP) is 2.31. The molecule has 94 valence electrons. The summed E-state index contributed by atoms with van der Waals surface area (Å²) in [6.07, 6.45) is 0. The molecule has 1 aromatic heterocycles. The van der Waals surface area contributed by atoms with Crippen LogP contribution in [0, 0.1) is 4.77 Å². The first-order valence-electron chi connectivity index (χ1n) is 5.28. The quantitative estimate of drug-likeness (QED) is 0.449. The number of hydrogen-bond donors (Lipinski definition) is 3. The van der Waals surface area contributed by atoms with Gasteiger partial charge in [-0.15, -0.1) is 0 Å². The molecule has 0 saturated heterocycles. The van der Waals surface area contributed by atoms with Gasteiger partial charge in [0, 0.05) is 0 Å². The highest BCUT2D eigenvalue weighted by atomic mass is 32.1. The summed E-state index contributed by atoms with van der Waals surface area (Å²) < 4.78 is 5.48. The fourth-order valence-corrected chi connectivity index (χ4v) is 1.50. The van der Waals surface area contributed by atoms with Crippen LogP contribution in [0.1, 0.15) is 12.5 Å². The van der Waals surface area contributed by atoms with E-state index in [9.17, 15) is 0 Å². The second-order valence-electron chi connectivity index (χ2n) is 3.55. The minimum absolute atomic E-state index is 0.384. The maximum atomic E-state index is 5.09. The Bertz CT molecular complexity index is 598. The molecule has 0 aliphatic carbocycles. The van der Waals surface area contributed by atoms with E-state index in [0.29, 0.717) is 10.7 Å². The summed E-state index contributed by atoms with van der Waals surface area (Å²) in [5, 5.41) is 9.63. The van der Waals surface area contributed by atoms with Gasteiger partial charge in [0.2, 0.25) is 10.7 Å². The van der Waals surface area contributed by atoms with Crippen molar-refractivity contribution in [1.82, 2.24) is 15.2 Å². The third kappa shape index (κ3) is 2.95. The van der Waals surface area contributed by atoms with Gasteiger partial charge >= 0.3 is 0 Å². The number of ether oxygens (including phenoxy) is 1. The molecule has 0 bridgehead atoms. The van der Waals surface area contributed by atoms with Gasteiger partial charge in [-0.1, -0.05) is 0 Å². The van der Waals surface area contributed by atoms with Crippen LogP contribution in [0.15, 0.2) is 29.4 Å². The van der Waals surface area contributed by atoms with Gasteiger partial charge in [-0.25, -0.2) is 5.43 Å². The largest absolute Gasteiger partial charge is 0.497 e. The fraction of sp³-hybridized carbons (Fsp3) is 0.182. The number of rotatable bonds is 4. The van der Waals surface area contributed by atoms with E-state index in [1.165, 1.54) is 0 Å². The molecule has 2 aromatic rings. The lowest BCUT2D eigenvalue weighted by molar-refractivity contribution is 0.415. The monoisotopic (exact) mass is 263 g/mol. The van der Waals surface area contributed by atoms with Gasteiger partial charge in [-0.3, -0.25) is 10.2 Å². The molecule has 2 rings (SSSR count). The summed E-state index contributed by atoms with van der Waals surface area (Å²) in [6.45, 7) is 1.90. The number of aromatic amines is 2. The van der Waals surface area contributed by atoms with E-state index in [1.807, 2.05) is 31.2 Å². The van der Waals surface area contributed by atoms with E-state index in [0.717, 1.165) is 17.0 Å². The molecule has 7 heteroatoms. The summed E-state index contributed by atoms with van der Waals surface area (Å²) in [6, 6.07) is 7.64. The summed E-state index contributed by atoms with van der Waals surface area (Å²) in [4.78, 5) is 3.97. The first-order valence-corrected chi connectivity index (χ1v) is 5.69. The van der Waals surface area contributed by atoms with Gasteiger partial charge in [-0.2, -0.15) is 10.1 Å². The molecule has 0 aliphatic heterocycles. The summed E-state index contributed by atoms with van der Waals surface area (Å²) >= 11 is 4.83. The highest BCUT2D eigenvalue weighted by Crippen LogP contribution is 2.12. The molecule has 0 amide bonds. The zero-order chi connectivity index (χ0) is 13.0. The smallest absolute Gasteiger partial charge is 0.238 e. The SMILES string of the molecule is COc1ccc(/C(C)=N/Nc2nc(=S)[nH][nH]2)cc1. The van der Waals surface area contributed by atoms with Crippen LogP contribution in [0.3, 0.4) is 0 Å². The molecule has 3 N–H and O–H groups in total. The van der Waals surface area contributed by atoms with Crippen LogP contribution in [0.2, 0.25) is 0 Å². The van der Waals surface area contributed by atoms with E-state index in [4.69, 9.17) is 17.0 Å². The summed E-state index contributed by atoms with van der Waals surface area (Å²) in [7, 11) is 1.64. The number of anilines is 1. The van der Waals surface area contributed by atoms with Crippen LogP contribution in [0.25, 0.3) is 0 Å². The zero-order valence-corrected chi connectivity index (χ0v) is 10.8. The standard InChI is InChI=1S/C11H13N5OS/c1-7(8-3-5-9(17-2)6-4-8)13-14-10-12-11(18)16-15-10/h3-6H,1-2H3,(H3,12,14,15,16,18)/b13-7+. The van der Waals surface area contributed by atoms with Crippen LogP contribution in [-0.4, -0.2) is 28.0 Å². The van der Waals surface area contributed by atoms with E-state index < -0.39 is 0 Å². The van der Waals surface area contributed by atoms with Gasteiger partial charge in [0.15, 0.2) is 0 Å². The van der Waals surface area contributed by atoms with Gasteiger partial charge < -0.3 is 4.74 Å². The molecular formula is C11H13N5OS. The minimum Gasteiger partial charge on any atom is -0.497 e. The molecule has 1 heterocycles. The number of aromatic nitrogens is 3. The highest BCUT2D eigenvalue weighted by molar-refractivity contribution is 7.71. The van der Waals surface area contributed by atoms with Crippen LogP contribution in [0.5, 0.6) is 5.75 Å². The van der Waals surface area contributed by atoms with Crippen LogP contribution < -0.4 is 10.2 Å². The molecule has 18 heavy (non-hydrogen) atoms. The molecule has 0 aliphatic rings. The molecule has 0 radical (unpaired) electrons. The maximum absolute atomic E-state index is 5.09. The Morgan fingerprint density at radius 3 is 2.61 bits per heavy atom. The van der Waals surface area contributed by atoms with E-state index in [1.54, 1.807) is 7.11 Å². The van der Waals surface area contributed by atoms with Crippen molar-refractivity contribution in [2.75, 3.05) is 12.5 Å². The lowest BCUT2D eigenvalue weighted by atomic mass is 10.1. The Morgan fingerprint density at radius 2 is 2.06 bits per heavy atom. The Balaban J connectivity index is 2.09. The van der Waals surface area contributed by atoms with Crippen molar-refractivity contribution in [2.45, 2.75) is 6.92 Å². The number of methoxy groups -OCH3 is 1. The molecule has 6 nitrogen and oxygen atoms in total. The van der Waals surface area contributed by atoms with Crippen LogP contribution in [0.4, 0.5) is 5.95 Å². The third-order valence-corrected chi connectivity index (χ3v) is 2.53. The lowest BCUT2D eigenvalue weighted by Gasteiger charge is -2.03. The summed E-state index contributed by atoms with van der Waals surface area (Å²) in [5.74, 6) is 1.30. The predicted molar refractivity (Wildman–Crippen MR) is 72.6 cm³/mol. The molecule has 0 spiro atoms. The van der Waals surface area contributed by atoms with Crippen LogP contribution in [-0.2, 0) is 0 Å². The Labute approximate surface area is 109 Å². The number of nitrogens with zero attached hydrogens (tertiary/aromatic N) is 2. The fourth-order valence-electron chi connectivity index (χ4n) is 1.36. The second kappa shape index (κ2) is 5.46. The minimum atomic E-state index is 0.384. The number of benzene rings is 1. The second-order valence-corrected chi connectivity index (χ2v) is 3.94. The first-order chi connectivity index (χ1) is 8.69. The maximum Gasteiger partial charge on any atom is 0.238 e. The van der Waals surface area contributed by atoms with Crippen molar-refractivity contribution >= 4 is 23.9 Å². The van der Waals surface area contributed by atoms with Crippen molar-refractivity contribution in [2.24, 2.45) is 5.10 Å². The first kappa shape index (κ1) is 12.3. The van der Waals surface area contributed by atoms with Crippen molar-refractivity contribution < 1.29 is 4.74 Å². The van der Waals surface area contributed by atoms with Crippen molar-refractivity contribution in [3.63, 3.8) is 0 Å². The van der Waals surface area contributed by atoms with Gasteiger partial charge in [0.1, 0.15) is 5.75 Å². The van der Waals surface area contributed by atoms with Gasteiger partial charge in [-0.05, 0) is 49.0 Å². The highest BCUT2D eigenvalue weighted by Gasteiger charge is 1.99. The molecular weight excluding hydrogens is 250 g/mol. The zero-order valence-electron chi connectivity index (χ0n) is 10.0. The molecule has 0 atom stereocenters. The van der Waals surface area contributed by atoms with E-state index in [2.05, 4.69) is 25.7 Å². The topological polar surface area (TPSA) is 78.1 Å². The van der Waals surface area contributed by atoms with Gasteiger partial charge in [0.25, 0.3) is 0 Å². The van der Waals surface area contributed by atoms with E-state index >= 15 is 0 Å². The molecule has 1 aromatic carbocycles. The third-order valence-electron chi connectivity index (χ3n) is 2.34. The van der Waals surface area contributed by atoms with E-state index in [-0.39, 0.29) is 0 Å². The Kier molecular flexibility index (Phi) is 3.73. The van der Waals surface area contributed by atoms with Gasteiger partial charge in [0.05, 0.1) is 12.8 Å². The normalized spacial score (nSPS) is 11.3. The average Bonchev–Trinajstić information content (AvgIpc) is 2.82. The summed E-state index contributed by atoms with van der Waals surface area (Å²) in [5.41, 5.74) is 4.62. The van der Waals surface area contributed by atoms with Crippen LogP contribution >= 0.6 is 12.2 Å². The number of nitrogens with one attached hydrogen (secondary N) is 3. The Morgan fingerprint density at radius 1 is 1.33 bits per heavy atom. The molecule has 0 saturated carbocycles. The lowest BCUT2D eigenvalue weighted by Crippen LogP contribution is -2.00. The van der Waals surface area contributed by atoms with Crippen molar-refractivity contribution in [3.8, 4) is 5.75 Å². The van der Waals surface area contributed by atoms with Crippen molar-refractivity contribution in [3.05, 3.63) is 34.6 Å². The molecule has 0 unspecified atom stereocenters. The number of hydrogen-bond acceptors (Lipinski definition) is 5. The number of hydrazone groups is 1. The molecule has 0 fully saturated rings. The number of H-pyrrole nitrogens is 2. The van der Waals surface area contributed by atoms with Crippen molar-refractivity contribution in [1.29, 1.82) is 0 Å².